The highest BCUT2D eigenvalue weighted by molar-refractivity contribution is 5.03. The molecule has 0 amide bonds. The third kappa shape index (κ3) is 1.28. The minimum absolute atomic E-state index is 1.08. The number of hydrogen-bond donors (Lipinski definition) is 0. The van der Waals surface area contributed by atoms with Gasteiger partial charge in [0.15, 0.2) is 0 Å². The Labute approximate surface area is 100 Å². The fraction of sp³-hybridized carbons (Fsp3) is 1.00. The molecule has 0 N–H and O–H groups in total. The summed E-state index contributed by atoms with van der Waals surface area (Å²) < 4.78 is 0. The van der Waals surface area contributed by atoms with Crippen molar-refractivity contribution in [1.29, 1.82) is 0 Å². The highest BCUT2D eigenvalue weighted by Gasteiger charge is 2.54. The molecule has 90 valence electrons. The lowest BCUT2D eigenvalue weighted by molar-refractivity contribution is 0.0299. The van der Waals surface area contributed by atoms with Gasteiger partial charge in [-0.2, -0.15) is 0 Å². The van der Waals surface area contributed by atoms with Crippen LogP contribution in [0.25, 0.3) is 0 Å². The van der Waals surface area contributed by atoms with Crippen LogP contribution in [0.5, 0.6) is 0 Å². The maximum absolute atomic E-state index is 2.54. The molecule has 0 aliphatic heterocycles. The Morgan fingerprint density at radius 3 is 2.00 bits per heavy atom. The van der Waals surface area contributed by atoms with Gasteiger partial charge in [0.05, 0.1) is 0 Å². The summed E-state index contributed by atoms with van der Waals surface area (Å²) in [5, 5.41) is 0. The molecule has 7 atom stereocenters. The predicted molar refractivity (Wildman–Crippen MR) is 67.0 cm³/mol. The van der Waals surface area contributed by atoms with Crippen molar-refractivity contribution < 1.29 is 0 Å². The highest BCUT2D eigenvalue weighted by atomic mass is 14.6. The van der Waals surface area contributed by atoms with Gasteiger partial charge in [0.2, 0.25) is 0 Å². The van der Waals surface area contributed by atoms with E-state index in [-0.39, 0.29) is 0 Å². The van der Waals surface area contributed by atoms with Crippen LogP contribution in [-0.4, -0.2) is 0 Å². The molecule has 0 aromatic rings. The number of fused-ring (bicyclic) bond motifs is 6. The molecule has 0 saturated heterocycles. The number of hydrogen-bond acceptors (Lipinski definition) is 0. The third-order valence-electron chi connectivity index (χ3n) is 6.90. The van der Waals surface area contributed by atoms with Crippen LogP contribution in [0.1, 0.15) is 58.3 Å². The molecule has 0 radical (unpaired) electrons. The van der Waals surface area contributed by atoms with Crippen molar-refractivity contribution in [3.63, 3.8) is 0 Å². The number of rotatable bonds is 0. The molecule has 0 heterocycles. The van der Waals surface area contributed by atoms with Gasteiger partial charge in [0.25, 0.3) is 0 Å². The zero-order chi connectivity index (χ0) is 10.7. The van der Waals surface area contributed by atoms with Gasteiger partial charge in [0, 0.05) is 0 Å². The van der Waals surface area contributed by atoms with Crippen LogP contribution in [0.2, 0.25) is 0 Å². The van der Waals surface area contributed by atoms with Crippen LogP contribution in [0, 0.1) is 41.4 Å². The van der Waals surface area contributed by atoms with Gasteiger partial charge >= 0.3 is 0 Å². The van der Waals surface area contributed by atoms with Gasteiger partial charge in [0.1, 0.15) is 0 Å². The maximum Gasteiger partial charge on any atom is -0.0349 e. The summed E-state index contributed by atoms with van der Waals surface area (Å²) in [6, 6.07) is 0. The molecule has 0 nitrogen and oxygen atoms in total. The van der Waals surface area contributed by atoms with E-state index in [1.807, 2.05) is 0 Å². The molecule has 4 aliphatic carbocycles. The van der Waals surface area contributed by atoms with E-state index in [9.17, 15) is 0 Å². The smallest absolute Gasteiger partial charge is 0.0349 e. The predicted octanol–water partition coefficient (Wildman–Crippen LogP) is 4.49. The first-order chi connectivity index (χ1) is 7.83. The molecule has 7 unspecified atom stereocenters. The lowest BCUT2D eigenvalue weighted by Crippen LogP contribution is -2.38. The van der Waals surface area contributed by atoms with E-state index in [0.717, 1.165) is 29.6 Å². The molecule has 2 bridgehead atoms. The molecule has 0 spiro atoms. The standard InChI is InChI=1S/C16H26/c1-10-6-13-9-14(10)16-8-12-5-3-2-4-11(12)7-15(13)16/h10-16H,2-9H2,1H3. The summed E-state index contributed by atoms with van der Waals surface area (Å²) in [4.78, 5) is 0. The third-order valence-corrected chi connectivity index (χ3v) is 6.90. The van der Waals surface area contributed by atoms with Crippen molar-refractivity contribution in [2.75, 3.05) is 0 Å². The maximum atomic E-state index is 2.54. The summed E-state index contributed by atoms with van der Waals surface area (Å²) in [7, 11) is 0. The molecule has 0 heteroatoms. The topological polar surface area (TPSA) is 0 Å². The molecule has 4 aliphatic rings. The second-order valence-corrected chi connectivity index (χ2v) is 7.48. The molecule has 4 fully saturated rings. The fourth-order valence-corrected chi connectivity index (χ4v) is 6.26. The van der Waals surface area contributed by atoms with E-state index >= 15 is 0 Å². The van der Waals surface area contributed by atoms with Crippen LogP contribution < -0.4 is 0 Å². The summed E-state index contributed by atoms with van der Waals surface area (Å²) in [5.74, 6) is 8.05. The van der Waals surface area contributed by atoms with E-state index in [1.165, 1.54) is 11.8 Å². The zero-order valence-corrected chi connectivity index (χ0v) is 10.7. The van der Waals surface area contributed by atoms with Gasteiger partial charge in [-0.05, 0) is 67.1 Å². The first-order valence-electron chi connectivity index (χ1n) is 7.83. The van der Waals surface area contributed by atoms with Gasteiger partial charge in [-0.25, -0.2) is 0 Å². The first-order valence-corrected chi connectivity index (χ1v) is 7.83. The van der Waals surface area contributed by atoms with E-state index in [0.29, 0.717) is 0 Å². The molecule has 0 aromatic carbocycles. The zero-order valence-electron chi connectivity index (χ0n) is 10.7. The monoisotopic (exact) mass is 218 g/mol. The van der Waals surface area contributed by atoms with Crippen LogP contribution in [0.15, 0.2) is 0 Å². The molecule has 4 saturated carbocycles. The van der Waals surface area contributed by atoms with E-state index < -0.39 is 0 Å². The Balaban J connectivity index is 1.56. The van der Waals surface area contributed by atoms with Crippen molar-refractivity contribution in [1.82, 2.24) is 0 Å². The Morgan fingerprint density at radius 2 is 1.25 bits per heavy atom. The van der Waals surface area contributed by atoms with Crippen molar-refractivity contribution >= 4 is 0 Å². The largest absolute Gasteiger partial charge is 0.0622 e. The van der Waals surface area contributed by atoms with Crippen molar-refractivity contribution in [3.8, 4) is 0 Å². The molecule has 4 rings (SSSR count). The van der Waals surface area contributed by atoms with E-state index in [1.54, 1.807) is 51.4 Å². The van der Waals surface area contributed by atoms with Crippen molar-refractivity contribution in [3.05, 3.63) is 0 Å². The lowest BCUT2D eigenvalue weighted by Gasteiger charge is -2.47. The van der Waals surface area contributed by atoms with Crippen LogP contribution in [-0.2, 0) is 0 Å². The Morgan fingerprint density at radius 1 is 0.625 bits per heavy atom. The average Bonchev–Trinajstić information content (AvgIpc) is 2.84. The lowest BCUT2D eigenvalue weighted by atomic mass is 9.59. The summed E-state index contributed by atoms with van der Waals surface area (Å²) >= 11 is 0. The summed E-state index contributed by atoms with van der Waals surface area (Å²) in [6.07, 6.45) is 12.7. The van der Waals surface area contributed by atoms with Gasteiger partial charge in [-0.1, -0.05) is 32.6 Å². The first kappa shape index (κ1) is 9.97. The minimum atomic E-state index is 1.08. The second-order valence-electron chi connectivity index (χ2n) is 7.48. The molecular weight excluding hydrogens is 192 g/mol. The van der Waals surface area contributed by atoms with Crippen LogP contribution >= 0.6 is 0 Å². The molecule has 0 aromatic heterocycles. The van der Waals surface area contributed by atoms with Gasteiger partial charge < -0.3 is 0 Å². The Bertz CT molecular complexity index is 282. The molecule has 16 heavy (non-hydrogen) atoms. The van der Waals surface area contributed by atoms with Crippen LogP contribution in [0.3, 0.4) is 0 Å². The summed E-state index contributed by atoms with van der Waals surface area (Å²) in [5.41, 5.74) is 0. The SMILES string of the molecule is CC1CC2CC1C1CC3CCCCC3CC21. The fourth-order valence-electron chi connectivity index (χ4n) is 6.26. The highest BCUT2D eigenvalue weighted by Crippen LogP contribution is 2.62. The van der Waals surface area contributed by atoms with Gasteiger partial charge in [-0.3, -0.25) is 0 Å². The van der Waals surface area contributed by atoms with Crippen molar-refractivity contribution in [2.24, 2.45) is 41.4 Å². The normalized spacial score (nSPS) is 59.4. The average molecular weight is 218 g/mol. The Hall–Kier alpha value is 0. The minimum Gasteiger partial charge on any atom is -0.0622 e. The Kier molecular flexibility index (Phi) is 2.18. The molecular formula is C16H26. The van der Waals surface area contributed by atoms with Crippen LogP contribution in [0.4, 0.5) is 0 Å². The van der Waals surface area contributed by atoms with Gasteiger partial charge in [-0.15, -0.1) is 0 Å². The second kappa shape index (κ2) is 3.50. The quantitative estimate of drug-likeness (QED) is 0.562. The van der Waals surface area contributed by atoms with Crippen molar-refractivity contribution in [2.45, 2.75) is 58.3 Å². The summed E-state index contributed by atoms with van der Waals surface area (Å²) in [6.45, 7) is 2.54. The van der Waals surface area contributed by atoms with E-state index in [4.69, 9.17) is 0 Å². The van der Waals surface area contributed by atoms with E-state index in [2.05, 4.69) is 6.92 Å².